The first kappa shape index (κ1) is 13.6. The molecule has 0 radical (unpaired) electrons. The van der Waals surface area contributed by atoms with Gasteiger partial charge in [0.15, 0.2) is 0 Å². The zero-order chi connectivity index (χ0) is 13.2. The summed E-state index contributed by atoms with van der Waals surface area (Å²) < 4.78 is 1.25. The number of benzene rings is 2. The fourth-order valence-electron chi connectivity index (χ4n) is 2.28. The van der Waals surface area contributed by atoms with Crippen LogP contribution in [0.4, 0.5) is 5.69 Å². The van der Waals surface area contributed by atoms with Gasteiger partial charge in [0.05, 0.1) is 6.04 Å². The molecule has 1 heterocycles. The van der Waals surface area contributed by atoms with Crippen LogP contribution in [-0.4, -0.2) is 5.75 Å². The van der Waals surface area contributed by atoms with Crippen LogP contribution in [0.25, 0.3) is 0 Å². The van der Waals surface area contributed by atoms with Crippen LogP contribution < -0.4 is 5.32 Å². The van der Waals surface area contributed by atoms with Crippen molar-refractivity contribution in [3.05, 3.63) is 56.6 Å². The summed E-state index contributed by atoms with van der Waals surface area (Å²) in [5.74, 6) is 1.15. The number of anilines is 1. The third-order valence-corrected chi connectivity index (χ3v) is 5.51. The van der Waals surface area contributed by atoms with E-state index in [2.05, 4.69) is 64.3 Å². The molecular weight excluding hydrogens is 389 g/mol. The molecule has 0 spiro atoms. The fourth-order valence-corrected chi connectivity index (χ4v) is 4.11. The van der Waals surface area contributed by atoms with E-state index in [-0.39, 0.29) is 0 Å². The Balaban J connectivity index is 1.92. The molecule has 0 saturated carbocycles. The summed E-state index contributed by atoms with van der Waals surface area (Å²) in [6.45, 7) is 0. The predicted octanol–water partition coefficient (Wildman–Crippen LogP) is 5.59. The minimum atomic E-state index is 0.353. The maximum absolute atomic E-state index is 6.14. The van der Waals surface area contributed by atoms with E-state index >= 15 is 0 Å². The second-order valence-corrected chi connectivity index (χ2v) is 7.23. The Kier molecular flexibility index (Phi) is 4.24. The Labute approximate surface area is 136 Å². The zero-order valence-electron chi connectivity index (χ0n) is 10.2. The lowest BCUT2D eigenvalue weighted by molar-refractivity contribution is 0.728. The van der Waals surface area contributed by atoms with Crippen LogP contribution >= 0.6 is 46.0 Å². The second kappa shape index (κ2) is 5.94. The first-order chi connectivity index (χ1) is 9.24. The molecule has 1 N–H and O–H groups in total. The van der Waals surface area contributed by atoms with Gasteiger partial charge in [0.2, 0.25) is 0 Å². The molecule has 19 heavy (non-hydrogen) atoms. The molecule has 0 bridgehead atoms. The van der Waals surface area contributed by atoms with E-state index in [0.29, 0.717) is 6.04 Å². The molecule has 0 aromatic heterocycles. The molecule has 2 aromatic rings. The van der Waals surface area contributed by atoms with Crippen molar-refractivity contribution in [2.24, 2.45) is 0 Å². The predicted molar refractivity (Wildman–Crippen MR) is 92.3 cm³/mol. The molecule has 0 aliphatic carbocycles. The lowest BCUT2D eigenvalue weighted by Crippen LogP contribution is -2.16. The van der Waals surface area contributed by atoms with Crippen LogP contribution in [-0.2, 0) is 0 Å². The Hall–Kier alpha value is -0.390. The summed E-state index contributed by atoms with van der Waals surface area (Å²) >= 11 is 10.4. The molecule has 2 aromatic carbocycles. The minimum Gasteiger partial charge on any atom is -0.377 e. The molecule has 1 nitrogen and oxygen atoms in total. The highest BCUT2D eigenvalue weighted by molar-refractivity contribution is 14.1. The van der Waals surface area contributed by atoms with Crippen molar-refractivity contribution in [3.63, 3.8) is 0 Å². The van der Waals surface area contributed by atoms with Gasteiger partial charge in [0.25, 0.3) is 0 Å². The summed E-state index contributed by atoms with van der Waals surface area (Å²) in [5.41, 5.74) is 2.52. The van der Waals surface area contributed by atoms with Crippen LogP contribution in [0.3, 0.4) is 0 Å². The van der Waals surface area contributed by atoms with Crippen molar-refractivity contribution < 1.29 is 0 Å². The van der Waals surface area contributed by atoms with Crippen molar-refractivity contribution in [2.45, 2.75) is 17.4 Å². The summed E-state index contributed by atoms with van der Waals surface area (Å²) in [7, 11) is 0. The van der Waals surface area contributed by atoms with Crippen molar-refractivity contribution in [1.82, 2.24) is 0 Å². The van der Waals surface area contributed by atoms with E-state index in [0.717, 1.165) is 17.2 Å². The standard InChI is InChI=1S/C15H13ClINS/c16-10-5-6-15-11(9-10)13(7-8-19-15)18-14-4-2-1-3-12(14)17/h1-6,9,13,18H,7-8H2. The molecule has 3 rings (SSSR count). The first-order valence-electron chi connectivity index (χ1n) is 6.17. The van der Waals surface area contributed by atoms with Crippen LogP contribution in [0.15, 0.2) is 47.4 Å². The van der Waals surface area contributed by atoms with Gasteiger partial charge in [-0.1, -0.05) is 23.7 Å². The van der Waals surface area contributed by atoms with Crippen LogP contribution in [0.2, 0.25) is 5.02 Å². The lowest BCUT2D eigenvalue weighted by atomic mass is 10.0. The van der Waals surface area contributed by atoms with Gasteiger partial charge in [-0.3, -0.25) is 0 Å². The maximum atomic E-state index is 6.14. The van der Waals surface area contributed by atoms with Gasteiger partial charge in [-0.25, -0.2) is 0 Å². The smallest absolute Gasteiger partial charge is 0.0533 e. The lowest BCUT2D eigenvalue weighted by Gasteiger charge is -2.27. The molecular formula is C15H13ClINS. The number of thioether (sulfide) groups is 1. The van der Waals surface area contributed by atoms with Crippen LogP contribution in [0.5, 0.6) is 0 Å². The average molecular weight is 402 g/mol. The highest BCUT2D eigenvalue weighted by Crippen LogP contribution is 2.39. The van der Waals surface area contributed by atoms with Crippen molar-refractivity contribution in [3.8, 4) is 0 Å². The summed E-state index contributed by atoms with van der Waals surface area (Å²) in [6.07, 6.45) is 1.13. The molecule has 1 aliphatic rings. The van der Waals surface area contributed by atoms with Crippen LogP contribution in [0, 0.1) is 3.57 Å². The average Bonchev–Trinajstić information content (AvgIpc) is 2.42. The maximum Gasteiger partial charge on any atom is 0.0533 e. The minimum absolute atomic E-state index is 0.353. The van der Waals surface area contributed by atoms with Gasteiger partial charge in [-0.2, -0.15) is 0 Å². The quantitative estimate of drug-likeness (QED) is 0.658. The van der Waals surface area contributed by atoms with Crippen LogP contribution in [0.1, 0.15) is 18.0 Å². The van der Waals surface area contributed by atoms with E-state index in [1.807, 2.05) is 17.8 Å². The van der Waals surface area contributed by atoms with Gasteiger partial charge in [-0.15, -0.1) is 11.8 Å². The monoisotopic (exact) mass is 401 g/mol. The molecule has 0 amide bonds. The summed E-state index contributed by atoms with van der Waals surface area (Å²) in [6, 6.07) is 14.9. The van der Waals surface area contributed by atoms with Gasteiger partial charge in [0, 0.05) is 24.9 Å². The van der Waals surface area contributed by atoms with E-state index in [1.54, 1.807) is 0 Å². The summed E-state index contributed by atoms with van der Waals surface area (Å²) in [4.78, 5) is 1.35. The van der Waals surface area contributed by atoms with E-state index in [9.17, 15) is 0 Å². The number of rotatable bonds is 2. The third-order valence-electron chi connectivity index (χ3n) is 3.21. The highest BCUT2D eigenvalue weighted by Gasteiger charge is 2.21. The Morgan fingerprint density at radius 3 is 2.89 bits per heavy atom. The van der Waals surface area contributed by atoms with Crippen molar-refractivity contribution in [1.29, 1.82) is 0 Å². The van der Waals surface area contributed by atoms with Gasteiger partial charge < -0.3 is 5.32 Å². The Bertz CT molecular complexity index is 602. The van der Waals surface area contributed by atoms with E-state index < -0.39 is 0 Å². The Morgan fingerprint density at radius 2 is 2.05 bits per heavy atom. The van der Waals surface area contributed by atoms with Crippen molar-refractivity contribution >= 4 is 51.6 Å². The number of halogens is 2. The normalized spacial score (nSPS) is 17.9. The zero-order valence-corrected chi connectivity index (χ0v) is 13.9. The number of hydrogen-bond donors (Lipinski definition) is 1. The number of para-hydroxylation sites is 1. The number of nitrogens with one attached hydrogen (secondary N) is 1. The fraction of sp³-hybridized carbons (Fsp3) is 0.200. The summed E-state index contributed by atoms with van der Waals surface area (Å²) in [5, 5.41) is 4.47. The van der Waals surface area contributed by atoms with Gasteiger partial charge in [-0.05, 0) is 64.9 Å². The van der Waals surface area contributed by atoms with E-state index in [4.69, 9.17) is 11.6 Å². The SMILES string of the molecule is Clc1ccc2c(c1)C(Nc1ccccc1I)CCS2. The molecule has 1 atom stereocenters. The topological polar surface area (TPSA) is 12.0 Å². The van der Waals surface area contributed by atoms with Crippen molar-refractivity contribution in [2.75, 3.05) is 11.1 Å². The third kappa shape index (κ3) is 3.03. The molecule has 4 heteroatoms. The van der Waals surface area contributed by atoms with Gasteiger partial charge >= 0.3 is 0 Å². The molecule has 0 fully saturated rings. The first-order valence-corrected chi connectivity index (χ1v) is 8.61. The Morgan fingerprint density at radius 1 is 1.21 bits per heavy atom. The molecule has 1 aliphatic heterocycles. The number of hydrogen-bond acceptors (Lipinski definition) is 2. The largest absolute Gasteiger partial charge is 0.377 e. The highest BCUT2D eigenvalue weighted by atomic mass is 127. The molecule has 0 saturated heterocycles. The van der Waals surface area contributed by atoms with Gasteiger partial charge in [0.1, 0.15) is 0 Å². The second-order valence-electron chi connectivity index (χ2n) is 4.50. The molecule has 1 unspecified atom stereocenters. The number of fused-ring (bicyclic) bond motifs is 1. The van der Waals surface area contributed by atoms with E-state index in [1.165, 1.54) is 19.7 Å². The molecule has 98 valence electrons.